The normalized spacial score (nSPS) is 15.2. The van der Waals surface area contributed by atoms with Crippen molar-refractivity contribution in [1.82, 2.24) is 10.2 Å². The first-order chi connectivity index (χ1) is 13.2. The van der Waals surface area contributed by atoms with Gasteiger partial charge in [0.05, 0.1) is 13.5 Å². The first kappa shape index (κ1) is 16.9. The number of anilines is 1. The van der Waals surface area contributed by atoms with E-state index in [0.29, 0.717) is 23.8 Å². The van der Waals surface area contributed by atoms with Gasteiger partial charge in [0.25, 0.3) is 5.91 Å². The lowest BCUT2D eigenvalue weighted by molar-refractivity contribution is -0.125. The summed E-state index contributed by atoms with van der Waals surface area (Å²) in [7, 11) is 1.61. The first-order valence-electron chi connectivity index (χ1n) is 8.36. The summed E-state index contributed by atoms with van der Waals surface area (Å²) < 4.78 is 21.8. The van der Waals surface area contributed by atoms with Gasteiger partial charge in [-0.15, -0.1) is 5.10 Å². The summed E-state index contributed by atoms with van der Waals surface area (Å²) >= 11 is 0. The van der Waals surface area contributed by atoms with Crippen LogP contribution in [0.3, 0.4) is 0 Å². The summed E-state index contributed by atoms with van der Waals surface area (Å²) in [6.45, 7) is 0.107. The highest BCUT2D eigenvalue weighted by atomic mass is 16.6. The van der Waals surface area contributed by atoms with Gasteiger partial charge >= 0.3 is 6.01 Å². The fourth-order valence-corrected chi connectivity index (χ4v) is 2.63. The maximum absolute atomic E-state index is 12.4. The molecule has 2 aromatic carbocycles. The molecular weight excluding hydrogens is 350 g/mol. The molecule has 1 aliphatic rings. The number of hydrogen-bond acceptors (Lipinski definition) is 7. The second kappa shape index (κ2) is 7.36. The van der Waals surface area contributed by atoms with Crippen LogP contribution < -0.4 is 19.5 Å². The summed E-state index contributed by atoms with van der Waals surface area (Å²) in [5.41, 5.74) is 0.984. The van der Waals surface area contributed by atoms with Gasteiger partial charge in [-0.3, -0.25) is 10.1 Å². The van der Waals surface area contributed by atoms with Crippen LogP contribution in [-0.4, -0.2) is 35.9 Å². The van der Waals surface area contributed by atoms with Crippen LogP contribution in [0.15, 0.2) is 52.9 Å². The van der Waals surface area contributed by atoms with Gasteiger partial charge in [-0.25, -0.2) is 0 Å². The molecule has 1 aliphatic heterocycles. The van der Waals surface area contributed by atoms with E-state index in [1.54, 1.807) is 19.2 Å². The van der Waals surface area contributed by atoms with Crippen LogP contribution in [0.25, 0.3) is 0 Å². The number of para-hydroxylation sites is 2. The molecule has 3 aromatic rings. The number of carbonyl (C=O) groups excluding carboxylic acids is 1. The van der Waals surface area contributed by atoms with Gasteiger partial charge in [0.15, 0.2) is 11.5 Å². The van der Waals surface area contributed by atoms with E-state index >= 15 is 0 Å². The van der Waals surface area contributed by atoms with Crippen molar-refractivity contribution in [3.8, 4) is 17.2 Å². The smallest absolute Gasteiger partial charge is 0.322 e. The number of aromatic nitrogens is 2. The number of nitrogens with zero attached hydrogens (tertiary/aromatic N) is 2. The van der Waals surface area contributed by atoms with E-state index < -0.39 is 12.0 Å². The minimum atomic E-state index is -0.795. The molecule has 138 valence electrons. The van der Waals surface area contributed by atoms with Crippen LogP contribution in [-0.2, 0) is 11.2 Å². The number of hydrogen-bond donors (Lipinski definition) is 1. The van der Waals surface area contributed by atoms with E-state index in [1.165, 1.54) is 0 Å². The average molecular weight is 367 g/mol. The summed E-state index contributed by atoms with van der Waals surface area (Å²) in [5, 5.41) is 10.4. The summed E-state index contributed by atoms with van der Waals surface area (Å²) in [5.74, 6) is 1.88. The highest BCUT2D eigenvalue weighted by molar-refractivity contribution is 5.92. The van der Waals surface area contributed by atoms with Crippen molar-refractivity contribution in [2.45, 2.75) is 12.5 Å². The van der Waals surface area contributed by atoms with Crippen molar-refractivity contribution in [2.75, 3.05) is 19.0 Å². The number of ether oxygens (including phenoxy) is 3. The maximum Gasteiger partial charge on any atom is 0.322 e. The van der Waals surface area contributed by atoms with Gasteiger partial charge in [-0.1, -0.05) is 29.4 Å². The molecule has 1 atom stereocenters. The molecule has 8 heteroatoms. The van der Waals surface area contributed by atoms with E-state index in [4.69, 9.17) is 18.6 Å². The Hall–Kier alpha value is -3.55. The Kier molecular flexibility index (Phi) is 4.61. The van der Waals surface area contributed by atoms with Crippen LogP contribution >= 0.6 is 0 Å². The second-order valence-corrected chi connectivity index (χ2v) is 5.88. The summed E-state index contributed by atoms with van der Waals surface area (Å²) in [6.07, 6.45) is -0.347. The lowest BCUT2D eigenvalue weighted by atomic mass is 10.1. The molecule has 0 fully saturated rings. The molecule has 1 unspecified atom stereocenters. The van der Waals surface area contributed by atoms with Crippen molar-refractivity contribution in [2.24, 2.45) is 0 Å². The van der Waals surface area contributed by atoms with Crippen molar-refractivity contribution >= 4 is 11.9 Å². The molecule has 27 heavy (non-hydrogen) atoms. The monoisotopic (exact) mass is 367 g/mol. The third kappa shape index (κ3) is 3.84. The van der Waals surface area contributed by atoms with Crippen molar-refractivity contribution in [3.05, 3.63) is 60.0 Å². The van der Waals surface area contributed by atoms with Crippen LogP contribution in [0.4, 0.5) is 6.01 Å². The second-order valence-electron chi connectivity index (χ2n) is 5.88. The van der Waals surface area contributed by atoms with E-state index in [0.717, 1.165) is 11.3 Å². The molecule has 0 bridgehead atoms. The van der Waals surface area contributed by atoms with Gasteiger partial charge in [0, 0.05) is 0 Å². The largest absolute Gasteiger partial charge is 0.497 e. The molecule has 0 saturated carbocycles. The Morgan fingerprint density at radius 2 is 1.93 bits per heavy atom. The zero-order chi connectivity index (χ0) is 18.6. The molecule has 0 radical (unpaired) electrons. The number of rotatable bonds is 5. The Morgan fingerprint density at radius 3 is 2.70 bits per heavy atom. The minimum Gasteiger partial charge on any atom is -0.497 e. The van der Waals surface area contributed by atoms with Gasteiger partial charge in [-0.2, -0.15) is 0 Å². The van der Waals surface area contributed by atoms with Crippen LogP contribution in [0.5, 0.6) is 17.2 Å². The number of carbonyl (C=O) groups is 1. The van der Waals surface area contributed by atoms with E-state index in [2.05, 4.69) is 15.5 Å². The molecular formula is C19H17N3O5. The zero-order valence-corrected chi connectivity index (χ0v) is 14.5. The van der Waals surface area contributed by atoms with Crippen molar-refractivity contribution in [3.63, 3.8) is 0 Å². The molecule has 8 nitrogen and oxygen atoms in total. The Bertz CT molecular complexity index is 939. The molecule has 1 amide bonds. The number of benzene rings is 2. The Morgan fingerprint density at radius 1 is 1.15 bits per heavy atom. The molecule has 0 aliphatic carbocycles. The predicted octanol–water partition coefficient (Wildman–Crippen LogP) is 2.45. The van der Waals surface area contributed by atoms with Gasteiger partial charge in [0.1, 0.15) is 12.4 Å². The molecule has 0 saturated heterocycles. The summed E-state index contributed by atoms with van der Waals surface area (Å²) in [4.78, 5) is 12.4. The lowest BCUT2D eigenvalue weighted by Crippen LogP contribution is -2.40. The molecule has 0 spiro atoms. The van der Waals surface area contributed by atoms with Crippen molar-refractivity contribution in [1.29, 1.82) is 0 Å². The lowest BCUT2D eigenvalue weighted by Gasteiger charge is -2.24. The fraction of sp³-hybridized carbons (Fsp3) is 0.211. The molecule has 1 aromatic heterocycles. The van der Waals surface area contributed by atoms with Crippen LogP contribution in [0, 0.1) is 0 Å². The minimum absolute atomic E-state index is 0.0194. The Labute approximate surface area is 155 Å². The van der Waals surface area contributed by atoms with Gasteiger partial charge in [-0.05, 0) is 29.8 Å². The predicted molar refractivity (Wildman–Crippen MR) is 95.1 cm³/mol. The topological polar surface area (TPSA) is 95.7 Å². The summed E-state index contributed by atoms with van der Waals surface area (Å²) in [6, 6.07) is 14.7. The quantitative estimate of drug-likeness (QED) is 0.740. The molecule has 2 heterocycles. The average Bonchev–Trinajstić information content (AvgIpc) is 3.15. The van der Waals surface area contributed by atoms with Crippen molar-refractivity contribution < 1.29 is 23.4 Å². The number of amides is 1. The number of fused-ring (bicyclic) bond motifs is 1. The van der Waals surface area contributed by atoms with Gasteiger partial charge < -0.3 is 18.6 Å². The third-order valence-electron chi connectivity index (χ3n) is 4.01. The standard InChI is InChI=1S/C19H17N3O5/c1-24-13-8-6-12(7-9-13)10-17-21-22-19(27-17)20-18(23)16-11-25-14-4-2-3-5-15(14)26-16/h2-9,16H,10-11H2,1H3,(H,20,22,23). The van der Waals surface area contributed by atoms with Gasteiger partial charge in [0.2, 0.25) is 12.0 Å². The van der Waals surface area contributed by atoms with E-state index in [9.17, 15) is 4.79 Å². The Balaban J connectivity index is 1.37. The highest BCUT2D eigenvalue weighted by Crippen LogP contribution is 2.31. The molecule has 4 rings (SSSR count). The fourth-order valence-electron chi connectivity index (χ4n) is 2.63. The molecule has 1 N–H and O–H groups in total. The zero-order valence-electron chi connectivity index (χ0n) is 14.5. The number of nitrogens with one attached hydrogen (secondary N) is 1. The van der Waals surface area contributed by atoms with Crippen LogP contribution in [0.1, 0.15) is 11.5 Å². The van der Waals surface area contributed by atoms with E-state index in [-0.39, 0.29) is 12.6 Å². The maximum atomic E-state index is 12.4. The third-order valence-corrected chi connectivity index (χ3v) is 4.01. The number of methoxy groups -OCH3 is 1. The van der Waals surface area contributed by atoms with E-state index in [1.807, 2.05) is 36.4 Å². The first-order valence-corrected chi connectivity index (χ1v) is 8.36. The van der Waals surface area contributed by atoms with Crippen LogP contribution in [0.2, 0.25) is 0 Å². The highest BCUT2D eigenvalue weighted by Gasteiger charge is 2.28. The SMILES string of the molecule is COc1ccc(Cc2nnc(NC(=O)C3COc4ccccc4O3)o2)cc1.